The summed E-state index contributed by atoms with van der Waals surface area (Å²) in [5.74, 6) is -0.620. The van der Waals surface area contributed by atoms with E-state index in [0.29, 0.717) is 31.5 Å². The Balaban J connectivity index is 0.00000200. The summed E-state index contributed by atoms with van der Waals surface area (Å²) in [5.41, 5.74) is 0.365. The van der Waals surface area contributed by atoms with E-state index in [0.717, 1.165) is 6.07 Å². The number of likely N-dealkylation sites (tertiary alicyclic amines) is 1. The molecule has 6 heteroatoms. The van der Waals surface area contributed by atoms with Crippen LogP contribution in [0.4, 0.5) is 4.39 Å². The maximum Gasteiger partial charge on any atom is 0.219 e. The predicted molar refractivity (Wildman–Crippen MR) is 78.0 cm³/mol. The van der Waals surface area contributed by atoms with E-state index in [1.54, 1.807) is 4.90 Å². The summed E-state index contributed by atoms with van der Waals surface area (Å²) in [7, 11) is 0. The van der Waals surface area contributed by atoms with Gasteiger partial charge < -0.3 is 4.90 Å². The summed E-state index contributed by atoms with van der Waals surface area (Å²) < 4.78 is 13.0. The lowest BCUT2D eigenvalue weighted by molar-refractivity contribution is -0.130. The molecule has 2 rings (SSSR count). The molecule has 1 saturated heterocycles. The van der Waals surface area contributed by atoms with Crippen LogP contribution in [0.5, 0.6) is 0 Å². The second-order valence-corrected chi connectivity index (χ2v) is 5.18. The number of carbonyl (C=O) groups excluding carboxylic acids is 2. The number of piperidine rings is 1. The van der Waals surface area contributed by atoms with Gasteiger partial charge in [0.25, 0.3) is 0 Å². The lowest BCUT2D eigenvalue weighted by atomic mass is 9.89. The van der Waals surface area contributed by atoms with Crippen LogP contribution in [0, 0.1) is 11.7 Å². The quantitative estimate of drug-likeness (QED) is 0.784. The molecule has 1 heterocycles. The van der Waals surface area contributed by atoms with Gasteiger partial charge in [-0.25, -0.2) is 4.39 Å². The zero-order valence-electron chi connectivity index (χ0n) is 11.1. The van der Waals surface area contributed by atoms with Crippen LogP contribution in [-0.2, 0) is 4.79 Å². The van der Waals surface area contributed by atoms with Crippen LogP contribution in [0.25, 0.3) is 0 Å². The van der Waals surface area contributed by atoms with Gasteiger partial charge in [-0.15, -0.1) is 12.4 Å². The molecule has 0 bridgehead atoms. The average Bonchev–Trinajstić information content (AvgIpc) is 2.38. The highest BCUT2D eigenvalue weighted by Gasteiger charge is 2.27. The first-order chi connectivity index (χ1) is 8.99. The molecule has 1 fully saturated rings. The van der Waals surface area contributed by atoms with Crippen molar-refractivity contribution in [1.29, 1.82) is 0 Å². The number of benzene rings is 1. The molecule has 1 aliphatic rings. The van der Waals surface area contributed by atoms with Crippen molar-refractivity contribution in [2.45, 2.75) is 19.8 Å². The van der Waals surface area contributed by atoms with Crippen molar-refractivity contribution in [2.24, 2.45) is 5.92 Å². The van der Waals surface area contributed by atoms with Crippen molar-refractivity contribution in [2.75, 3.05) is 13.1 Å². The van der Waals surface area contributed by atoms with Gasteiger partial charge in [0.05, 0.1) is 5.02 Å². The van der Waals surface area contributed by atoms with Crippen molar-refractivity contribution in [3.8, 4) is 0 Å². The molecule has 110 valence electrons. The Morgan fingerprint density at radius 1 is 1.30 bits per heavy atom. The number of Topliss-reactive ketones (excluding diaryl/α,β-unsaturated/α-hetero) is 1. The smallest absolute Gasteiger partial charge is 0.219 e. The number of carbonyl (C=O) groups is 2. The van der Waals surface area contributed by atoms with E-state index in [2.05, 4.69) is 0 Å². The summed E-state index contributed by atoms with van der Waals surface area (Å²) in [6, 6.07) is 3.82. The van der Waals surface area contributed by atoms with Crippen molar-refractivity contribution < 1.29 is 14.0 Å². The lowest BCUT2D eigenvalue weighted by Gasteiger charge is -2.30. The summed E-state index contributed by atoms with van der Waals surface area (Å²) in [4.78, 5) is 25.2. The standard InChI is InChI=1S/C14H15ClFNO2.ClH/c1-9(18)17-6-4-10(5-7-17)14(19)12-3-2-11(16)8-13(12)15;/h2-3,8,10H,4-7H2,1H3;1H. The summed E-state index contributed by atoms with van der Waals surface area (Å²) in [6.45, 7) is 2.70. The van der Waals surface area contributed by atoms with Gasteiger partial charge in [-0.2, -0.15) is 0 Å². The molecule has 1 amide bonds. The van der Waals surface area contributed by atoms with E-state index in [9.17, 15) is 14.0 Å². The topological polar surface area (TPSA) is 37.4 Å². The van der Waals surface area contributed by atoms with E-state index in [4.69, 9.17) is 11.6 Å². The Morgan fingerprint density at radius 2 is 1.90 bits per heavy atom. The zero-order chi connectivity index (χ0) is 14.0. The van der Waals surface area contributed by atoms with Crippen molar-refractivity contribution >= 4 is 35.7 Å². The highest BCUT2D eigenvalue weighted by Crippen LogP contribution is 2.26. The Labute approximate surface area is 128 Å². The molecule has 0 aromatic heterocycles. The number of ketones is 1. The minimum atomic E-state index is -0.451. The monoisotopic (exact) mass is 319 g/mol. The Hall–Kier alpha value is -1.13. The summed E-state index contributed by atoms with van der Waals surface area (Å²) in [5, 5.41) is 0.152. The zero-order valence-corrected chi connectivity index (χ0v) is 12.6. The first-order valence-electron chi connectivity index (χ1n) is 6.24. The lowest BCUT2D eigenvalue weighted by Crippen LogP contribution is -2.39. The minimum Gasteiger partial charge on any atom is -0.343 e. The van der Waals surface area contributed by atoms with Gasteiger partial charge in [0.1, 0.15) is 5.82 Å². The van der Waals surface area contributed by atoms with Gasteiger partial charge in [-0.05, 0) is 31.0 Å². The van der Waals surface area contributed by atoms with Gasteiger partial charge in [0.15, 0.2) is 5.78 Å². The number of halogens is 3. The molecule has 1 aromatic carbocycles. The van der Waals surface area contributed by atoms with Crippen LogP contribution in [0.3, 0.4) is 0 Å². The van der Waals surface area contributed by atoms with E-state index in [1.807, 2.05) is 0 Å². The fourth-order valence-electron chi connectivity index (χ4n) is 2.37. The Kier molecular flexibility index (Phi) is 5.96. The number of hydrogen-bond acceptors (Lipinski definition) is 2. The molecule has 20 heavy (non-hydrogen) atoms. The van der Waals surface area contributed by atoms with E-state index in [1.165, 1.54) is 19.1 Å². The van der Waals surface area contributed by atoms with Crippen molar-refractivity contribution in [1.82, 2.24) is 4.90 Å². The fourth-order valence-corrected chi connectivity index (χ4v) is 2.63. The van der Waals surface area contributed by atoms with Crippen molar-refractivity contribution in [3.63, 3.8) is 0 Å². The summed E-state index contributed by atoms with van der Waals surface area (Å²) in [6.07, 6.45) is 1.26. The van der Waals surface area contributed by atoms with Crippen LogP contribution in [0.2, 0.25) is 5.02 Å². The molecule has 1 aromatic rings. The molecule has 1 aliphatic heterocycles. The normalized spacial score (nSPS) is 15.7. The number of amides is 1. The molecule has 0 radical (unpaired) electrons. The van der Waals surface area contributed by atoms with Gasteiger partial charge in [-0.3, -0.25) is 9.59 Å². The number of nitrogens with zero attached hydrogens (tertiary/aromatic N) is 1. The van der Waals surface area contributed by atoms with E-state index in [-0.39, 0.29) is 35.0 Å². The highest BCUT2D eigenvalue weighted by molar-refractivity contribution is 6.34. The van der Waals surface area contributed by atoms with Gasteiger partial charge in [0, 0.05) is 31.5 Å². The molecule has 0 unspecified atom stereocenters. The number of rotatable bonds is 2. The van der Waals surface area contributed by atoms with E-state index >= 15 is 0 Å². The van der Waals surface area contributed by atoms with Crippen LogP contribution < -0.4 is 0 Å². The van der Waals surface area contributed by atoms with Gasteiger partial charge >= 0.3 is 0 Å². The predicted octanol–water partition coefficient (Wildman–Crippen LogP) is 3.34. The Morgan fingerprint density at radius 3 is 2.40 bits per heavy atom. The molecular formula is C14H16Cl2FNO2. The van der Waals surface area contributed by atoms with Gasteiger partial charge in [-0.1, -0.05) is 11.6 Å². The maximum atomic E-state index is 13.0. The second kappa shape index (κ2) is 7.04. The molecule has 3 nitrogen and oxygen atoms in total. The largest absolute Gasteiger partial charge is 0.343 e. The molecule has 0 saturated carbocycles. The minimum absolute atomic E-state index is 0. The molecule has 0 atom stereocenters. The summed E-state index contributed by atoms with van der Waals surface area (Å²) >= 11 is 5.90. The van der Waals surface area contributed by atoms with Crippen LogP contribution in [-0.4, -0.2) is 29.7 Å². The SMILES string of the molecule is CC(=O)N1CCC(C(=O)c2ccc(F)cc2Cl)CC1.Cl. The Bertz CT molecular complexity index is 514. The molecule has 0 aliphatic carbocycles. The number of hydrogen-bond donors (Lipinski definition) is 0. The second-order valence-electron chi connectivity index (χ2n) is 4.77. The van der Waals surface area contributed by atoms with Crippen LogP contribution in [0.1, 0.15) is 30.1 Å². The van der Waals surface area contributed by atoms with Crippen LogP contribution >= 0.6 is 24.0 Å². The highest BCUT2D eigenvalue weighted by atomic mass is 35.5. The molecule has 0 spiro atoms. The fraction of sp³-hybridized carbons (Fsp3) is 0.429. The molecular weight excluding hydrogens is 304 g/mol. The third-order valence-electron chi connectivity index (χ3n) is 3.51. The molecule has 0 N–H and O–H groups in total. The van der Waals surface area contributed by atoms with E-state index < -0.39 is 5.82 Å². The first kappa shape index (κ1) is 16.9. The average molecular weight is 320 g/mol. The third-order valence-corrected chi connectivity index (χ3v) is 3.82. The van der Waals surface area contributed by atoms with Gasteiger partial charge in [0.2, 0.25) is 5.91 Å². The van der Waals surface area contributed by atoms with Crippen molar-refractivity contribution in [3.05, 3.63) is 34.6 Å². The third kappa shape index (κ3) is 3.70. The first-order valence-corrected chi connectivity index (χ1v) is 6.61. The maximum absolute atomic E-state index is 13.0. The van der Waals surface area contributed by atoms with Crippen LogP contribution in [0.15, 0.2) is 18.2 Å².